The molecule has 0 aromatic carbocycles. The van der Waals surface area contributed by atoms with Gasteiger partial charge in [-0.1, -0.05) is 0 Å². The molecular weight excluding hydrogens is 299 g/mol. The molecule has 0 saturated heterocycles. The molecule has 0 saturated carbocycles. The summed E-state index contributed by atoms with van der Waals surface area (Å²) in [5.41, 5.74) is 0. The number of thiol groups is 1. The van der Waals surface area contributed by atoms with E-state index in [0.29, 0.717) is 13.2 Å². The molecule has 0 spiro atoms. The van der Waals surface area contributed by atoms with E-state index in [1.807, 2.05) is 13.8 Å². The van der Waals surface area contributed by atoms with E-state index in [1.54, 1.807) is 6.66 Å². The predicted octanol–water partition coefficient (Wildman–Crippen LogP) is 3.12. The van der Waals surface area contributed by atoms with E-state index in [9.17, 15) is 4.89 Å². The van der Waals surface area contributed by atoms with E-state index in [-0.39, 0.29) is 0 Å². The Morgan fingerprint density at radius 1 is 1.43 bits per heavy atom. The van der Waals surface area contributed by atoms with E-state index >= 15 is 0 Å². The fraction of sp³-hybridized carbons (Fsp3) is 1.00. The minimum absolute atomic E-state index is 0.392. The Bertz CT molecular complexity index is 202. The van der Waals surface area contributed by atoms with Gasteiger partial charge in [0.1, 0.15) is 0 Å². The minimum atomic E-state index is -3.61. The number of hydrogen-bond acceptors (Lipinski definition) is 7. The van der Waals surface area contributed by atoms with Crippen LogP contribution in [-0.4, -0.2) is 24.8 Å². The number of rotatable bonds is 7. The molecule has 1 unspecified atom stereocenters. The van der Waals surface area contributed by atoms with E-state index in [1.165, 1.54) is 19.7 Å². The van der Waals surface area contributed by atoms with Crippen molar-refractivity contribution in [2.75, 3.05) is 19.9 Å². The Kier molecular flexibility index (Phi) is 7.53. The summed E-state index contributed by atoms with van der Waals surface area (Å²) in [5, 5.41) is 0. The summed E-state index contributed by atoms with van der Waals surface area (Å²) in [7, 11) is 1.71. The number of hydrogen-bond donors (Lipinski definition) is 2. The quantitative estimate of drug-likeness (QED) is 0.427. The van der Waals surface area contributed by atoms with E-state index in [2.05, 4.69) is 11.7 Å². The second-order valence-corrected chi connectivity index (χ2v) is 17.2. The molecular formula is C5H15O3PS5. The first-order valence-corrected chi connectivity index (χ1v) is 12.8. The second kappa shape index (κ2) is 6.61. The third-order valence-corrected chi connectivity index (χ3v) is 19.5. The van der Waals surface area contributed by atoms with Crippen molar-refractivity contribution in [3.8, 4) is 0 Å². The molecule has 0 aliphatic heterocycles. The van der Waals surface area contributed by atoms with Gasteiger partial charge in [-0.05, 0) is 0 Å². The molecule has 0 fully saturated rings. The van der Waals surface area contributed by atoms with Crippen molar-refractivity contribution in [1.82, 2.24) is 0 Å². The Labute approximate surface area is 104 Å². The van der Waals surface area contributed by atoms with Crippen LogP contribution in [0, 0.1) is 0 Å². The Balaban J connectivity index is 4.76. The first kappa shape index (κ1) is 15.9. The van der Waals surface area contributed by atoms with E-state index in [4.69, 9.17) is 20.2 Å². The van der Waals surface area contributed by atoms with Crippen LogP contribution in [0.25, 0.3) is 0 Å². The second-order valence-electron chi connectivity index (χ2n) is 2.41. The molecule has 0 radical (unpaired) electrons. The maximum absolute atomic E-state index is 10.4. The van der Waals surface area contributed by atoms with Gasteiger partial charge in [0.15, 0.2) is 0 Å². The van der Waals surface area contributed by atoms with Gasteiger partial charge in [-0.2, -0.15) is 0 Å². The summed E-state index contributed by atoms with van der Waals surface area (Å²) in [6, 6.07) is 0. The average Bonchev–Trinajstić information content (AvgIpc) is 2.05. The summed E-state index contributed by atoms with van der Waals surface area (Å²) < 4.78 is 10.8. The Morgan fingerprint density at radius 2 is 1.86 bits per heavy atom. The van der Waals surface area contributed by atoms with Crippen LogP contribution >= 0.6 is 37.8 Å². The standard InChI is InChI=1S/C5H15O3PS5/c1-4-7-9(3,6,8-5-2)14(11)13-12-10/h6,10H,4-5H2,1-3H3. The van der Waals surface area contributed by atoms with Crippen LogP contribution in [0.3, 0.4) is 0 Å². The first-order chi connectivity index (χ1) is 6.39. The SMILES string of the molecule is CCOP(C)(O)(OCC)S(=S)SSS. The van der Waals surface area contributed by atoms with Crippen molar-refractivity contribution in [3.63, 3.8) is 0 Å². The van der Waals surface area contributed by atoms with E-state index < -0.39 is 14.6 Å². The van der Waals surface area contributed by atoms with Gasteiger partial charge in [0, 0.05) is 0 Å². The summed E-state index contributed by atoms with van der Waals surface area (Å²) in [6.07, 6.45) is 0. The predicted molar refractivity (Wildman–Crippen MR) is 77.2 cm³/mol. The molecule has 0 aromatic heterocycles. The van der Waals surface area contributed by atoms with Crippen LogP contribution in [0.2, 0.25) is 0 Å². The van der Waals surface area contributed by atoms with Gasteiger partial charge in [-0.3, -0.25) is 0 Å². The summed E-state index contributed by atoms with van der Waals surface area (Å²) in [5.74, 6) is 0. The normalized spacial score (nSPS) is 17.4. The van der Waals surface area contributed by atoms with Crippen molar-refractivity contribution >= 4 is 57.1 Å². The molecule has 0 aromatic rings. The topological polar surface area (TPSA) is 38.7 Å². The first-order valence-electron chi connectivity index (χ1n) is 3.87. The van der Waals surface area contributed by atoms with Crippen LogP contribution in [-0.2, 0) is 28.3 Å². The molecule has 3 nitrogen and oxygen atoms in total. The van der Waals surface area contributed by atoms with Crippen molar-refractivity contribution in [2.24, 2.45) is 0 Å². The van der Waals surface area contributed by atoms with Crippen LogP contribution in [0.5, 0.6) is 0 Å². The molecule has 9 heteroatoms. The van der Waals surface area contributed by atoms with Gasteiger partial charge in [0.25, 0.3) is 0 Å². The van der Waals surface area contributed by atoms with Gasteiger partial charge in [0.05, 0.1) is 0 Å². The van der Waals surface area contributed by atoms with Crippen LogP contribution < -0.4 is 0 Å². The average molecular weight is 314 g/mol. The van der Waals surface area contributed by atoms with Gasteiger partial charge in [-0.15, -0.1) is 0 Å². The van der Waals surface area contributed by atoms with E-state index in [0.717, 1.165) is 0 Å². The molecule has 0 bridgehead atoms. The van der Waals surface area contributed by atoms with Crippen molar-refractivity contribution in [1.29, 1.82) is 0 Å². The maximum atomic E-state index is 10.4. The fourth-order valence-electron chi connectivity index (χ4n) is 0.803. The summed E-state index contributed by atoms with van der Waals surface area (Å²) >= 11 is 9.18. The van der Waals surface area contributed by atoms with Crippen LogP contribution in [0.1, 0.15) is 13.8 Å². The molecule has 88 valence electrons. The van der Waals surface area contributed by atoms with Gasteiger partial charge in [0.2, 0.25) is 0 Å². The van der Waals surface area contributed by atoms with Crippen molar-refractivity contribution in [2.45, 2.75) is 13.8 Å². The summed E-state index contributed by atoms with van der Waals surface area (Å²) in [4.78, 5) is 10.4. The Morgan fingerprint density at radius 3 is 2.14 bits per heavy atom. The van der Waals surface area contributed by atoms with Gasteiger partial charge >= 0.3 is 105 Å². The molecule has 1 N–H and O–H groups in total. The van der Waals surface area contributed by atoms with Gasteiger partial charge in [-0.25, -0.2) is 0 Å². The zero-order valence-corrected chi connectivity index (χ0v) is 13.3. The van der Waals surface area contributed by atoms with Crippen molar-refractivity contribution < 1.29 is 13.9 Å². The molecule has 1 atom stereocenters. The fourth-order valence-corrected chi connectivity index (χ4v) is 16.7. The zero-order chi connectivity index (χ0) is 11.3. The Hall–Kier alpha value is 1.93. The summed E-state index contributed by atoms with van der Waals surface area (Å²) in [6.45, 7) is 2.38. The third-order valence-electron chi connectivity index (χ3n) is 1.27. The molecule has 0 heterocycles. The molecule has 0 aliphatic rings. The molecule has 14 heavy (non-hydrogen) atoms. The van der Waals surface area contributed by atoms with Crippen LogP contribution in [0.15, 0.2) is 0 Å². The molecule has 0 rings (SSSR count). The molecule has 0 amide bonds. The van der Waals surface area contributed by atoms with Crippen LogP contribution in [0.4, 0.5) is 0 Å². The third kappa shape index (κ3) is 4.43. The monoisotopic (exact) mass is 314 g/mol. The zero-order valence-electron chi connectivity index (χ0n) is 8.21. The van der Waals surface area contributed by atoms with Crippen molar-refractivity contribution in [3.05, 3.63) is 0 Å². The van der Waals surface area contributed by atoms with Gasteiger partial charge < -0.3 is 0 Å². The molecule has 0 aliphatic carbocycles.